The highest BCUT2D eigenvalue weighted by Gasteiger charge is 2.07. The van der Waals surface area contributed by atoms with Gasteiger partial charge < -0.3 is 16.0 Å². The molecule has 2 aromatic carbocycles. The SMILES string of the molecule is CCCCCC(=O)Nc1cccc(NC(=S)NC(=O)CCc2ccccc2)c1. The van der Waals surface area contributed by atoms with Gasteiger partial charge in [-0.15, -0.1) is 0 Å². The summed E-state index contributed by atoms with van der Waals surface area (Å²) < 4.78 is 0. The summed E-state index contributed by atoms with van der Waals surface area (Å²) in [6.07, 6.45) is 4.56. The summed E-state index contributed by atoms with van der Waals surface area (Å²) in [5, 5.41) is 8.80. The van der Waals surface area contributed by atoms with Crippen molar-refractivity contribution in [2.45, 2.75) is 45.4 Å². The molecule has 2 aromatic rings. The number of hydrogen-bond acceptors (Lipinski definition) is 3. The zero-order chi connectivity index (χ0) is 20.2. The van der Waals surface area contributed by atoms with Crippen molar-refractivity contribution in [2.75, 3.05) is 10.6 Å². The summed E-state index contributed by atoms with van der Waals surface area (Å²) in [4.78, 5) is 24.0. The molecule has 28 heavy (non-hydrogen) atoms. The van der Waals surface area contributed by atoms with Gasteiger partial charge in [0.2, 0.25) is 11.8 Å². The molecule has 0 aliphatic heterocycles. The first kappa shape index (κ1) is 21.6. The van der Waals surface area contributed by atoms with E-state index in [4.69, 9.17) is 12.2 Å². The molecule has 0 aromatic heterocycles. The van der Waals surface area contributed by atoms with E-state index in [1.165, 1.54) is 0 Å². The monoisotopic (exact) mass is 397 g/mol. The van der Waals surface area contributed by atoms with E-state index < -0.39 is 0 Å². The Bertz CT molecular complexity index is 793. The van der Waals surface area contributed by atoms with Crippen LogP contribution in [0.4, 0.5) is 11.4 Å². The van der Waals surface area contributed by atoms with Crippen LogP contribution < -0.4 is 16.0 Å². The molecule has 0 radical (unpaired) electrons. The van der Waals surface area contributed by atoms with Gasteiger partial charge in [0.1, 0.15) is 0 Å². The van der Waals surface area contributed by atoms with E-state index in [9.17, 15) is 9.59 Å². The van der Waals surface area contributed by atoms with Gasteiger partial charge in [0.05, 0.1) is 0 Å². The quantitative estimate of drug-likeness (QED) is 0.425. The molecule has 0 saturated carbocycles. The summed E-state index contributed by atoms with van der Waals surface area (Å²) >= 11 is 5.21. The van der Waals surface area contributed by atoms with E-state index in [0.29, 0.717) is 30.6 Å². The van der Waals surface area contributed by atoms with Crippen LogP contribution in [0.1, 0.15) is 44.6 Å². The van der Waals surface area contributed by atoms with Gasteiger partial charge >= 0.3 is 0 Å². The highest BCUT2D eigenvalue weighted by molar-refractivity contribution is 7.80. The van der Waals surface area contributed by atoms with E-state index >= 15 is 0 Å². The smallest absolute Gasteiger partial charge is 0.226 e. The van der Waals surface area contributed by atoms with Gasteiger partial charge in [-0.1, -0.05) is 56.2 Å². The fraction of sp³-hybridized carbons (Fsp3) is 0.318. The lowest BCUT2D eigenvalue weighted by molar-refractivity contribution is -0.119. The first-order valence-corrected chi connectivity index (χ1v) is 10.0. The topological polar surface area (TPSA) is 70.2 Å². The third-order valence-corrected chi connectivity index (χ3v) is 4.35. The maximum absolute atomic E-state index is 12.1. The van der Waals surface area contributed by atoms with Crippen LogP contribution in [0.2, 0.25) is 0 Å². The largest absolute Gasteiger partial charge is 0.332 e. The van der Waals surface area contributed by atoms with E-state index in [2.05, 4.69) is 22.9 Å². The van der Waals surface area contributed by atoms with Crippen molar-refractivity contribution in [3.8, 4) is 0 Å². The van der Waals surface area contributed by atoms with Crippen LogP contribution in [-0.2, 0) is 16.0 Å². The Morgan fingerprint density at radius 3 is 2.29 bits per heavy atom. The van der Waals surface area contributed by atoms with E-state index in [0.717, 1.165) is 24.8 Å². The molecular weight excluding hydrogens is 370 g/mol. The number of rotatable bonds is 9. The zero-order valence-corrected chi connectivity index (χ0v) is 17.0. The molecule has 5 nitrogen and oxygen atoms in total. The van der Waals surface area contributed by atoms with Gasteiger partial charge in [-0.05, 0) is 48.8 Å². The maximum atomic E-state index is 12.1. The van der Waals surface area contributed by atoms with Gasteiger partial charge in [0, 0.05) is 24.2 Å². The van der Waals surface area contributed by atoms with Gasteiger partial charge in [0.15, 0.2) is 5.11 Å². The Kier molecular flexibility index (Phi) is 9.15. The van der Waals surface area contributed by atoms with Crippen molar-refractivity contribution in [1.82, 2.24) is 5.32 Å². The molecule has 0 aliphatic rings. The first-order chi connectivity index (χ1) is 13.6. The third-order valence-electron chi connectivity index (χ3n) is 4.15. The number of nitrogens with one attached hydrogen (secondary N) is 3. The Hall–Kier alpha value is -2.73. The normalized spacial score (nSPS) is 10.2. The molecule has 0 fully saturated rings. The number of benzene rings is 2. The summed E-state index contributed by atoms with van der Waals surface area (Å²) in [7, 11) is 0. The van der Waals surface area contributed by atoms with Crippen molar-refractivity contribution in [3.63, 3.8) is 0 Å². The van der Waals surface area contributed by atoms with Crippen LogP contribution in [0.15, 0.2) is 54.6 Å². The molecule has 0 bridgehead atoms. The van der Waals surface area contributed by atoms with Gasteiger partial charge in [-0.3, -0.25) is 9.59 Å². The van der Waals surface area contributed by atoms with Gasteiger partial charge in [0.25, 0.3) is 0 Å². The minimum absolute atomic E-state index is 0.00221. The minimum atomic E-state index is -0.137. The number of anilines is 2. The molecule has 3 N–H and O–H groups in total. The lowest BCUT2D eigenvalue weighted by Crippen LogP contribution is -2.34. The molecule has 0 aliphatic carbocycles. The van der Waals surface area contributed by atoms with Crippen molar-refractivity contribution < 1.29 is 9.59 Å². The number of hydrogen-bond donors (Lipinski definition) is 3. The van der Waals surface area contributed by atoms with Crippen LogP contribution in [-0.4, -0.2) is 16.9 Å². The highest BCUT2D eigenvalue weighted by Crippen LogP contribution is 2.16. The van der Waals surface area contributed by atoms with Crippen molar-refractivity contribution >= 4 is 40.5 Å². The molecule has 2 amide bonds. The number of thiocarbonyl (C=S) groups is 1. The Morgan fingerprint density at radius 2 is 1.57 bits per heavy atom. The molecule has 0 spiro atoms. The molecule has 148 valence electrons. The fourth-order valence-electron chi connectivity index (χ4n) is 2.69. The van der Waals surface area contributed by atoms with E-state index in [1.54, 1.807) is 6.07 Å². The molecule has 0 atom stereocenters. The lowest BCUT2D eigenvalue weighted by Gasteiger charge is -2.11. The summed E-state index contributed by atoms with van der Waals surface area (Å²) in [5.74, 6) is -0.135. The summed E-state index contributed by atoms with van der Waals surface area (Å²) in [6, 6.07) is 17.1. The third kappa shape index (κ3) is 8.31. The fourth-order valence-corrected chi connectivity index (χ4v) is 2.92. The van der Waals surface area contributed by atoms with Crippen molar-refractivity contribution in [2.24, 2.45) is 0 Å². The van der Waals surface area contributed by atoms with E-state index in [1.807, 2.05) is 48.5 Å². The molecule has 6 heteroatoms. The molecular formula is C22H27N3O2S. The zero-order valence-electron chi connectivity index (χ0n) is 16.2. The average molecular weight is 398 g/mol. The predicted molar refractivity (Wildman–Crippen MR) is 118 cm³/mol. The van der Waals surface area contributed by atoms with Crippen LogP contribution in [0.5, 0.6) is 0 Å². The minimum Gasteiger partial charge on any atom is -0.332 e. The first-order valence-electron chi connectivity index (χ1n) is 9.61. The Labute approximate surface area is 171 Å². The second-order valence-corrected chi connectivity index (χ2v) is 6.98. The maximum Gasteiger partial charge on any atom is 0.226 e. The molecule has 0 unspecified atom stereocenters. The van der Waals surface area contributed by atoms with Gasteiger partial charge in [-0.25, -0.2) is 0 Å². The van der Waals surface area contributed by atoms with Crippen LogP contribution in [0, 0.1) is 0 Å². The second kappa shape index (κ2) is 11.9. The van der Waals surface area contributed by atoms with Crippen LogP contribution >= 0.6 is 12.2 Å². The number of unbranched alkanes of at least 4 members (excludes halogenated alkanes) is 2. The molecule has 0 heterocycles. The van der Waals surface area contributed by atoms with Crippen molar-refractivity contribution in [3.05, 3.63) is 60.2 Å². The number of carbonyl (C=O) groups is 2. The Balaban J connectivity index is 1.78. The average Bonchev–Trinajstić information content (AvgIpc) is 2.67. The highest BCUT2D eigenvalue weighted by atomic mass is 32.1. The van der Waals surface area contributed by atoms with E-state index in [-0.39, 0.29) is 16.9 Å². The Morgan fingerprint density at radius 1 is 0.857 bits per heavy atom. The summed E-state index contributed by atoms with van der Waals surface area (Å²) in [5.41, 5.74) is 2.52. The second-order valence-electron chi connectivity index (χ2n) is 6.57. The van der Waals surface area contributed by atoms with Crippen molar-refractivity contribution in [1.29, 1.82) is 0 Å². The molecule has 0 saturated heterocycles. The lowest BCUT2D eigenvalue weighted by atomic mass is 10.1. The summed E-state index contributed by atoms with van der Waals surface area (Å²) in [6.45, 7) is 2.11. The number of aryl methyl sites for hydroxylation is 1. The standard InChI is InChI=1S/C22H27N3O2S/c1-2-3-5-13-20(26)23-18-11-8-12-19(16-18)24-22(28)25-21(27)15-14-17-9-6-4-7-10-17/h4,6-12,16H,2-3,5,13-15H2,1H3,(H,23,26)(H2,24,25,27,28). The number of amides is 2. The van der Waals surface area contributed by atoms with Gasteiger partial charge in [-0.2, -0.15) is 0 Å². The van der Waals surface area contributed by atoms with Crippen LogP contribution in [0.25, 0.3) is 0 Å². The molecule has 2 rings (SSSR count). The van der Waals surface area contributed by atoms with Crippen LogP contribution in [0.3, 0.4) is 0 Å². The predicted octanol–water partition coefficient (Wildman–Crippen LogP) is 4.65. The number of carbonyl (C=O) groups excluding carboxylic acids is 2.